The van der Waals surface area contributed by atoms with Gasteiger partial charge in [-0.25, -0.2) is 0 Å². The number of H-pyrrole nitrogens is 1. The summed E-state index contributed by atoms with van der Waals surface area (Å²) in [5.74, 6) is 0.211. The number of hydrogen-bond acceptors (Lipinski definition) is 8. The third-order valence-corrected chi connectivity index (χ3v) is 2.45. The molecule has 1 aromatic rings. The van der Waals surface area contributed by atoms with Crippen LogP contribution < -0.4 is 21.5 Å². The van der Waals surface area contributed by atoms with Gasteiger partial charge in [-0.1, -0.05) is 0 Å². The molecule has 0 saturated heterocycles. The predicted molar refractivity (Wildman–Crippen MR) is 78.2 cm³/mol. The van der Waals surface area contributed by atoms with Crippen molar-refractivity contribution in [1.82, 2.24) is 9.97 Å². The number of ether oxygens (including phenoxy) is 1. The third kappa shape index (κ3) is 4.58. The number of aliphatic hydroxyl groups is 2. The van der Waals surface area contributed by atoms with Gasteiger partial charge in [0.2, 0.25) is 12.4 Å². The summed E-state index contributed by atoms with van der Waals surface area (Å²) in [6.07, 6.45) is -0.838. The SMILES string of the molecule is Nc1nc2c(c(=O)[nH]1)NCN2C(O)OCCCO.[NaH].[NaH]. The first kappa shape index (κ1) is 20.2. The minimum absolute atomic E-state index is 0. The van der Waals surface area contributed by atoms with Crippen molar-refractivity contribution in [3.63, 3.8) is 0 Å². The Labute approximate surface area is 159 Å². The van der Waals surface area contributed by atoms with Gasteiger partial charge in [0.1, 0.15) is 5.69 Å². The molecule has 2 rings (SSSR count). The van der Waals surface area contributed by atoms with Crippen LogP contribution in [-0.4, -0.2) is 106 Å². The number of fused-ring (bicyclic) bond motifs is 1. The van der Waals surface area contributed by atoms with Crippen LogP contribution in [0.5, 0.6) is 0 Å². The Hall–Kier alpha value is 0.160. The summed E-state index contributed by atoms with van der Waals surface area (Å²) in [7, 11) is 0. The van der Waals surface area contributed by atoms with Gasteiger partial charge in [-0.15, -0.1) is 0 Å². The molecule has 104 valence electrons. The van der Waals surface area contributed by atoms with E-state index < -0.39 is 12.0 Å². The number of nitrogens with two attached hydrogens (primary N) is 1. The summed E-state index contributed by atoms with van der Waals surface area (Å²) >= 11 is 0. The normalized spacial score (nSPS) is 13.8. The first-order valence-corrected chi connectivity index (χ1v) is 5.44. The van der Waals surface area contributed by atoms with Crippen LogP contribution in [0.25, 0.3) is 0 Å². The molecule has 0 spiro atoms. The molecule has 20 heavy (non-hydrogen) atoms. The van der Waals surface area contributed by atoms with E-state index in [4.69, 9.17) is 15.6 Å². The van der Waals surface area contributed by atoms with Gasteiger partial charge in [-0.3, -0.25) is 14.7 Å². The number of anilines is 3. The van der Waals surface area contributed by atoms with Gasteiger partial charge in [0, 0.05) is 6.61 Å². The first-order chi connectivity index (χ1) is 8.63. The summed E-state index contributed by atoms with van der Waals surface area (Å²) in [6, 6.07) is 0. The molecule has 1 atom stereocenters. The van der Waals surface area contributed by atoms with Crippen LogP contribution in [0.4, 0.5) is 17.5 Å². The monoisotopic (exact) mass is 305 g/mol. The number of aromatic amines is 1. The number of rotatable bonds is 5. The molecule has 0 bridgehead atoms. The molecule has 1 aliphatic rings. The van der Waals surface area contributed by atoms with Gasteiger partial charge in [-0.2, -0.15) is 4.98 Å². The molecule has 0 radical (unpaired) electrons. The average Bonchev–Trinajstić information content (AvgIpc) is 2.73. The molecule has 2 heterocycles. The van der Waals surface area contributed by atoms with Gasteiger partial charge < -0.3 is 26.0 Å². The quantitative estimate of drug-likeness (QED) is 0.219. The molecular weight excluding hydrogens is 288 g/mol. The van der Waals surface area contributed by atoms with Crippen LogP contribution in [0.2, 0.25) is 0 Å². The van der Waals surface area contributed by atoms with Crippen molar-refractivity contribution in [3.05, 3.63) is 10.4 Å². The second-order valence-electron chi connectivity index (χ2n) is 3.73. The Bertz CT molecular complexity index is 486. The molecule has 1 aromatic heterocycles. The van der Waals surface area contributed by atoms with Gasteiger partial charge in [-0.05, 0) is 6.42 Å². The van der Waals surface area contributed by atoms with E-state index in [0.29, 0.717) is 6.42 Å². The van der Waals surface area contributed by atoms with E-state index in [-0.39, 0.29) is 96.5 Å². The second-order valence-corrected chi connectivity index (χ2v) is 3.73. The summed E-state index contributed by atoms with van der Waals surface area (Å²) in [5, 5.41) is 21.2. The fourth-order valence-corrected chi connectivity index (χ4v) is 1.61. The van der Waals surface area contributed by atoms with Gasteiger partial charge >= 0.3 is 59.1 Å². The zero-order chi connectivity index (χ0) is 13.1. The Morgan fingerprint density at radius 1 is 1.50 bits per heavy atom. The number of aliphatic hydroxyl groups excluding tert-OH is 2. The van der Waals surface area contributed by atoms with E-state index in [9.17, 15) is 9.90 Å². The first-order valence-electron chi connectivity index (χ1n) is 5.44. The fourth-order valence-electron chi connectivity index (χ4n) is 1.61. The molecule has 0 saturated carbocycles. The van der Waals surface area contributed by atoms with E-state index in [2.05, 4.69) is 15.3 Å². The van der Waals surface area contributed by atoms with Gasteiger partial charge in [0.25, 0.3) is 5.56 Å². The Morgan fingerprint density at radius 2 is 2.20 bits per heavy atom. The molecular formula is C9H17N5Na2O4. The van der Waals surface area contributed by atoms with E-state index in [1.165, 1.54) is 4.90 Å². The standard InChI is InChI=1S/C9H15N5O4.2Na.2H/c10-8-12-6-5(7(16)13-8)11-4-14(6)9(17)18-3-1-2-15;;;;/h9,11,15,17H,1-4H2,(H3,10,12,13,16);;;;. The van der Waals surface area contributed by atoms with Gasteiger partial charge in [0.05, 0.1) is 13.3 Å². The molecule has 6 N–H and O–H groups in total. The van der Waals surface area contributed by atoms with Crippen molar-refractivity contribution < 1.29 is 14.9 Å². The van der Waals surface area contributed by atoms with E-state index in [1.54, 1.807) is 0 Å². The number of aromatic nitrogens is 2. The number of nitrogen functional groups attached to an aromatic ring is 1. The Balaban J connectivity index is 0.00000180. The molecule has 1 unspecified atom stereocenters. The van der Waals surface area contributed by atoms with E-state index >= 15 is 0 Å². The second kappa shape index (κ2) is 9.23. The zero-order valence-electron chi connectivity index (χ0n) is 9.59. The van der Waals surface area contributed by atoms with Crippen LogP contribution in [0.1, 0.15) is 6.42 Å². The molecule has 9 nitrogen and oxygen atoms in total. The topological polar surface area (TPSA) is 137 Å². The van der Waals surface area contributed by atoms with Gasteiger partial charge in [0.15, 0.2) is 5.82 Å². The predicted octanol–water partition coefficient (Wildman–Crippen LogP) is -3.08. The summed E-state index contributed by atoms with van der Waals surface area (Å²) in [4.78, 5) is 19.2. The summed E-state index contributed by atoms with van der Waals surface area (Å²) in [5.41, 5.74) is 5.28. The number of nitrogens with zero attached hydrogens (tertiary/aromatic N) is 2. The third-order valence-electron chi connectivity index (χ3n) is 2.45. The molecule has 0 aromatic carbocycles. The van der Waals surface area contributed by atoms with Crippen molar-refractivity contribution in [1.29, 1.82) is 0 Å². The molecule has 11 heteroatoms. The van der Waals surface area contributed by atoms with Crippen molar-refractivity contribution in [3.8, 4) is 0 Å². The summed E-state index contributed by atoms with van der Waals surface area (Å²) < 4.78 is 5.09. The minimum atomic E-state index is -1.25. The number of hydrogen-bond donors (Lipinski definition) is 5. The van der Waals surface area contributed by atoms with Crippen molar-refractivity contribution in [2.75, 3.05) is 35.8 Å². The van der Waals surface area contributed by atoms with Crippen LogP contribution >= 0.6 is 0 Å². The molecule has 0 amide bonds. The maximum atomic E-state index is 11.5. The maximum absolute atomic E-state index is 11.5. The van der Waals surface area contributed by atoms with E-state index in [1.807, 2.05) is 0 Å². The van der Waals surface area contributed by atoms with E-state index in [0.717, 1.165) is 0 Å². The van der Waals surface area contributed by atoms with Crippen molar-refractivity contribution in [2.45, 2.75) is 12.8 Å². The Kier molecular flexibility index (Phi) is 9.31. The van der Waals surface area contributed by atoms with Crippen LogP contribution in [0.15, 0.2) is 4.79 Å². The van der Waals surface area contributed by atoms with Crippen LogP contribution in [0.3, 0.4) is 0 Å². The molecule has 1 aliphatic heterocycles. The molecule has 0 aliphatic carbocycles. The van der Waals surface area contributed by atoms with Crippen LogP contribution in [0, 0.1) is 0 Å². The van der Waals surface area contributed by atoms with Crippen molar-refractivity contribution in [2.24, 2.45) is 0 Å². The average molecular weight is 305 g/mol. The fraction of sp³-hybridized carbons (Fsp3) is 0.556. The van der Waals surface area contributed by atoms with Crippen molar-refractivity contribution >= 4 is 76.6 Å². The zero-order valence-corrected chi connectivity index (χ0v) is 9.59. The van der Waals surface area contributed by atoms with Crippen LogP contribution in [-0.2, 0) is 4.74 Å². The number of nitrogens with one attached hydrogen (secondary N) is 2. The Morgan fingerprint density at radius 3 is 2.85 bits per heavy atom. The molecule has 0 fully saturated rings. The summed E-state index contributed by atoms with van der Waals surface area (Å²) in [6.45, 7) is 0.365.